The highest BCUT2D eigenvalue weighted by molar-refractivity contribution is 6.32. The predicted octanol–water partition coefficient (Wildman–Crippen LogP) is 2.78. The van der Waals surface area contributed by atoms with Gasteiger partial charge < -0.3 is 4.74 Å². The average Bonchev–Trinajstić information content (AvgIpc) is 2.54. The number of non-ortho nitro benzene ring substituents is 1. The molecule has 0 spiro atoms. The molecule has 0 aliphatic rings. The van der Waals surface area contributed by atoms with Crippen LogP contribution in [0, 0.1) is 10.1 Å². The molecule has 0 aliphatic heterocycles. The molecular formula is C15H12ClN3O4. The van der Waals surface area contributed by atoms with Gasteiger partial charge in [-0.2, -0.15) is 5.10 Å². The second-order valence-electron chi connectivity index (χ2n) is 4.36. The van der Waals surface area contributed by atoms with Gasteiger partial charge in [-0.15, -0.1) is 0 Å². The van der Waals surface area contributed by atoms with Gasteiger partial charge in [0.15, 0.2) is 6.61 Å². The van der Waals surface area contributed by atoms with Crippen molar-refractivity contribution in [3.05, 3.63) is 69.2 Å². The van der Waals surface area contributed by atoms with Crippen LogP contribution in [-0.4, -0.2) is 23.7 Å². The number of nitrogens with zero attached hydrogens (tertiary/aromatic N) is 2. The minimum absolute atomic E-state index is 0.0145. The summed E-state index contributed by atoms with van der Waals surface area (Å²) >= 11 is 5.89. The van der Waals surface area contributed by atoms with Crippen molar-refractivity contribution in [2.75, 3.05) is 6.61 Å². The number of hydrogen-bond acceptors (Lipinski definition) is 5. The van der Waals surface area contributed by atoms with Crippen LogP contribution >= 0.6 is 11.6 Å². The van der Waals surface area contributed by atoms with Gasteiger partial charge in [-0.3, -0.25) is 14.9 Å². The average molecular weight is 334 g/mol. The number of amides is 1. The van der Waals surface area contributed by atoms with Crippen LogP contribution < -0.4 is 10.2 Å². The zero-order chi connectivity index (χ0) is 16.7. The van der Waals surface area contributed by atoms with E-state index in [0.717, 1.165) is 0 Å². The molecule has 0 radical (unpaired) electrons. The Bertz CT molecular complexity index is 732. The lowest BCUT2D eigenvalue weighted by atomic mass is 10.2. The third-order valence-electron chi connectivity index (χ3n) is 2.70. The number of ether oxygens (including phenoxy) is 1. The first-order valence-electron chi connectivity index (χ1n) is 6.50. The van der Waals surface area contributed by atoms with Crippen molar-refractivity contribution in [3.63, 3.8) is 0 Å². The fourth-order valence-electron chi connectivity index (χ4n) is 1.60. The number of benzene rings is 2. The maximum atomic E-state index is 11.6. The molecule has 2 rings (SSSR count). The quantitative estimate of drug-likeness (QED) is 0.499. The number of nitrogens with one attached hydrogen (secondary N) is 1. The monoisotopic (exact) mass is 333 g/mol. The predicted molar refractivity (Wildman–Crippen MR) is 85.8 cm³/mol. The summed E-state index contributed by atoms with van der Waals surface area (Å²) in [4.78, 5) is 21.6. The number of carbonyl (C=O) groups excluding carboxylic acids is 1. The van der Waals surface area contributed by atoms with Crippen molar-refractivity contribution in [3.8, 4) is 5.75 Å². The first-order valence-corrected chi connectivity index (χ1v) is 6.88. The van der Waals surface area contributed by atoms with Gasteiger partial charge in [0.2, 0.25) is 0 Å². The zero-order valence-electron chi connectivity index (χ0n) is 11.8. The lowest BCUT2D eigenvalue weighted by Crippen LogP contribution is -2.24. The molecular weight excluding hydrogens is 322 g/mol. The van der Waals surface area contributed by atoms with E-state index in [0.29, 0.717) is 16.3 Å². The number of hydrogen-bond donors (Lipinski definition) is 1. The van der Waals surface area contributed by atoms with E-state index in [1.54, 1.807) is 24.3 Å². The second kappa shape index (κ2) is 7.90. The molecule has 0 atom stereocenters. The Morgan fingerprint density at radius 1 is 1.26 bits per heavy atom. The van der Waals surface area contributed by atoms with Crippen LogP contribution in [0.1, 0.15) is 5.56 Å². The van der Waals surface area contributed by atoms with E-state index < -0.39 is 10.8 Å². The summed E-state index contributed by atoms with van der Waals surface area (Å²) in [6, 6.07) is 12.5. The summed E-state index contributed by atoms with van der Waals surface area (Å²) in [7, 11) is 0. The molecule has 2 aromatic carbocycles. The van der Waals surface area contributed by atoms with Gasteiger partial charge in [0, 0.05) is 12.1 Å². The molecule has 0 aliphatic carbocycles. The Morgan fingerprint density at radius 3 is 2.61 bits per heavy atom. The zero-order valence-corrected chi connectivity index (χ0v) is 12.6. The third-order valence-corrected chi connectivity index (χ3v) is 3.01. The maximum absolute atomic E-state index is 11.6. The van der Waals surface area contributed by atoms with Crippen molar-refractivity contribution in [1.82, 2.24) is 5.43 Å². The largest absolute Gasteiger partial charge is 0.482 e. The van der Waals surface area contributed by atoms with Crippen molar-refractivity contribution in [2.24, 2.45) is 5.10 Å². The summed E-state index contributed by atoms with van der Waals surface area (Å²) in [5, 5.41) is 14.7. The molecule has 1 amide bonds. The number of nitro benzene ring substituents is 1. The minimum Gasteiger partial charge on any atom is -0.482 e. The summed E-state index contributed by atoms with van der Waals surface area (Å²) in [5.74, 6) is -0.0493. The number of carbonyl (C=O) groups is 1. The van der Waals surface area contributed by atoms with E-state index in [-0.39, 0.29) is 12.3 Å². The third kappa shape index (κ3) is 5.08. The first-order chi connectivity index (χ1) is 11.1. The Morgan fingerprint density at radius 2 is 1.96 bits per heavy atom. The van der Waals surface area contributed by atoms with Gasteiger partial charge in [-0.1, -0.05) is 23.7 Å². The van der Waals surface area contributed by atoms with Crippen molar-refractivity contribution < 1.29 is 14.5 Å². The molecule has 7 nitrogen and oxygen atoms in total. The highest BCUT2D eigenvalue weighted by atomic mass is 35.5. The van der Waals surface area contributed by atoms with E-state index in [1.807, 2.05) is 0 Å². The molecule has 0 saturated carbocycles. The maximum Gasteiger partial charge on any atom is 0.277 e. The van der Waals surface area contributed by atoms with Gasteiger partial charge in [-0.05, 0) is 29.8 Å². The van der Waals surface area contributed by atoms with Crippen LogP contribution in [-0.2, 0) is 4.79 Å². The lowest BCUT2D eigenvalue weighted by molar-refractivity contribution is -0.384. The van der Waals surface area contributed by atoms with E-state index in [9.17, 15) is 14.9 Å². The Hall–Kier alpha value is -2.93. The van der Waals surface area contributed by atoms with E-state index in [1.165, 1.54) is 30.5 Å². The molecule has 0 aromatic heterocycles. The van der Waals surface area contributed by atoms with Gasteiger partial charge in [-0.25, -0.2) is 5.43 Å². The lowest BCUT2D eigenvalue weighted by Gasteiger charge is -2.06. The Labute approximate surface area is 136 Å². The minimum atomic E-state index is -0.491. The number of halogens is 1. The molecule has 23 heavy (non-hydrogen) atoms. The van der Waals surface area contributed by atoms with Gasteiger partial charge in [0.05, 0.1) is 16.2 Å². The van der Waals surface area contributed by atoms with Crippen LogP contribution in [0.3, 0.4) is 0 Å². The normalized spacial score (nSPS) is 10.5. The number of para-hydroxylation sites is 1. The van der Waals surface area contributed by atoms with Crippen molar-refractivity contribution in [2.45, 2.75) is 0 Å². The summed E-state index contributed by atoms with van der Waals surface area (Å²) in [6.07, 6.45) is 1.37. The van der Waals surface area contributed by atoms with E-state index in [2.05, 4.69) is 10.5 Å². The second-order valence-corrected chi connectivity index (χ2v) is 4.77. The van der Waals surface area contributed by atoms with E-state index in [4.69, 9.17) is 16.3 Å². The number of hydrazone groups is 1. The summed E-state index contributed by atoms with van der Waals surface area (Å²) in [5.41, 5.74) is 2.89. The van der Waals surface area contributed by atoms with Crippen LogP contribution in [0.15, 0.2) is 53.6 Å². The molecule has 0 heterocycles. The highest BCUT2D eigenvalue weighted by Crippen LogP contribution is 2.22. The Kier molecular flexibility index (Phi) is 5.65. The fourth-order valence-corrected chi connectivity index (χ4v) is 1.79. The number of nitro groups is 1. The summed E-state index contributed by atoms with van der Waals surface area (Å²) in [6.45, 7) is -0.235. The van der Waals surface area contributed by atoms with Gasteiger partial charge in [0.25, 0.3) is 11.6 Å². The molecule has 0 saturated heterocycles. The number of rotatable bonds is 6. The topological polar surface area (TPSA) is 93.8 Å². The standard InChI is InChI=1S/C15H12ClN3O4/c16-13-3-1-2-4-14(13)23-10-15(20)18-17-9-11-5-7-12(8-6-11)19(21)22/h1-9H,10H2,(H,18,20)/b17-9-. The fraction of sp³-hybridized carbons (Fsp3) is 0.0667. The molecule has 8 heteroatoms. The van der Waals surface area contributed by atoms with Gasteiger partial charge >= 0.3 is 0 Å². The van der Waals surface area contributed by atoms with Crippen molar-refractivity contribution in [1.29, 1.82) is 0 Å². The first kappa shape index (κ1) is 16.4. The Balaban J connectivity index is 1.82. The van der Waals surface area contributed by atoms with E-state index >= 15 is 0 Å². The molecule has 1 N–H and O–H groups in total. The van der Waals surface area contributed by atoms with Crippen LogP contribution in [0.25, 0.3) is 0 Å². The highest BCUT2D eigenvalue weighted by Gasteiger charge is 2.05. The molecule has 2 aromatic rings. The molecule has 118 valence electrons. The molecule has 0 fully saturated rings. The molecule has 0 unspecified atom stereocenters. The van der Waals surface area contributed by atoms with Crippen LogP contribution in [0.2, 0.25) is 5.02 Å². The SMILES string of the molecule is O=C(COc1ccccc1Cl)N/N=C\c1ccc([N+](=O)[O-])cc1. The van der Waals surface area contributed by atoms with Gasteiger partial charge in [0.1, 0.15) is 5.75 Å². The summed E-state index contributed by atoms with van der Waals surface area (Å²) < 4.78 is 5.25. The smallest absolute Gasteiger partial charge is 0.277 e. The molecule has 0 bridgehead atoms. The van der Waals surface area contributed by atoms with Crippen molar-refractivity contribution >= 4 is 29.4 Å². The van der Waals surface area contributed by atoms with Crippen LogP contribution in [0.4, 0.5) is 5.69 Å². The van der Waals surface area contributed by atoms with Crippen LogP contribution in [0.5, 0.6) is 5.75 Å².